The van der Waals surface area contributed by atoms with Crippen LogP contribution >= 0.6 is 11.3 Å². The van der Waals surface area contributed by atoms with Gasteiger partial charge in [-0.2, -0.15) is 0 Å². The van der Waals surface area contributed by atoms with Gasteiger partial charge in [0.25, 0.3) is 5.91 Å². The van der Waals surface area contributed by atoms with E-state index in [1.54, 1.807) is 6.20 Å². The fourth-order valence-corrected chi connectivity index (χ4v) is 5.37. The van der Waals surface area contributed by atoms with Crippen LogP contribution in [0.15, 0.2) is 42.0 Å². The molecule has 3 aliphatic rings. The van der Waals surface area contributed by atoms with Crippen LogP contribution in [0.4, 0.5) is 5.82 Å². The zero-order valence-electron chi connectivity index (χ0n) is 17.2. The molecule has 3 unspecified atom stereocenters. The Labute approximate surface area is 180 Å². The van der Waals surface area contributed by atoms with Gasteiger partial charge in [-0.3, -0.25) is 4.79 Å². The summed E-state index contributed by atoms with van der Waals surface area (Å²) in [5, 5.41) is 6.36. The Kier molecular flexibility index (Phi) is 4.98. The van der Waals surface area contributed by atoms with Gasteiger partial charge < -0.3 is 10.2 Å². The predicted molar refractivity (Wildman–Crippen MR) is 119 cm³/mol. The van der Waals surface area contributed by atoms with Gasteiger partial charge in [0.2, 0.25) is 0 Å². The molecule has 2 saturated heterocycles. The standard InChI is InChI=1S/C23H25N5OS/c1-14-3-8-20(25-12-14)27-18-11-16-5-7-19(18)28(13-16)23(29)21-17(6-4-15(2)26-21)22-24-9-10-30-22/h3-4,6,8-10,12,16,18-19H,5,7,11,13H2,1-2H3,(H,25,27). The second kappa shape index (κ2) is 7.80. The highest BCUT2D eigenvalue weighted by molar-refractivity contribution is 7.13. The third-order valence-electron chi connectivity index (χ3n) is 6.18. The molecule has 0 spiro atoms. The van der Waals surface area contributed by atoms with Crippen LogP contribution in [-0.4, -0.2) is 44.4 Å². The molecule has 3 aromatic rings. The SMILES string of the molecule is Cc1ccc(NC2CC3CCC2N(C(=O)c2nc(C)ccc2-c2nccs2)C3)nc1. The Morgan fingerprint density at radius 3 is 2.80 bits per heavy atom. The Balaban J connectivity index is 1.44. The van der Waals surface area contributed by atoms with E-state index in [2.05, 4.69) is 26.3 Å². The molecule has 3 fully saturated rings. The number of nitrogens with one attached hydrogen (secondary N) is 1. The van der Waals surface area contributed by atoms with E-state index in [9.17, 15) is 4.79 Å². The zero-order chi connectivity index (χ0) is 20.7. The maximum absolute atomic E-state index is 13.7. The van der Waals surface area contributed by atoms with Crippen LogP contribution in [0.1, 0.15) is 41.0 Å². The van der Waals surface area contributed by atoms with Crippen LogP contribution in [0.3, 0.4) is 0 Å². The summed E-state index contributed by atoms with van der Waals surface area (Å²) in [5.74, 6) is 1.40. The molecular weight excluding hydrogens is 394 g/mol. The number of pyridine rings is 2. The Bertz CT molecular complexity index is 1050. The minimum absolute atomic E-state index is 0.0157. The average Bonchev–Trinajstić information content (AvgIpc) is 3.30. The van der Waals surface area contributed by atoms with Crippen LogP contribution < -0.4 is 5.32 Å². The third-order valence-corrected chi connectivity index (χ3v) is 6.99. The second-order valence-electron chi connectivity index (χ2n) is 8.36. The summed E-state index contributed by atoms with van der Waals surface area (Å²) in [7, 11) is 0. The fourth-order valence-electron chi connectivity index (χ4n) is 4.71. The molecule has 5 heterocycles. The molecule has 2 bridgehead atoms. The van der Waals surface area contributed by atoms with Gasteiger partial charge in [0.1, 0.15) is 16.5 Å². The summed E-state index contributed by atoms with van der Waals surface area (Å²) in [5.41, 5.74) is 3.33. The summed E-state index contributed by atoms with van der Waals surface area (Å²) in [6.45, 7) is 4.77. The molecule has 1 amide bonds. The molecule has 3 aromatic heterocycles. The van der Waals surface area contributed by atoms with Crippen molar-refractivity contribution in [2.45, 2.75) is 45.2 Å². The number of amides is 1. The molecule has 3 atom stereocenters. The number of anilines is 1. The van der Waals surface area contributed by atoms with Crippen LogP contribution in [0.2, 0.25) is 0 Å². The molecular formula is C23H25N5OS. The van der Waals surface area contributed by atoms with Gasteiger partial charge in [-0.25, -0.2) is 15.0 Å². The average molecular weight is 420 g/mol. The molecule has 0 radical (unpaired) electrons. The molecule has 1 saturated carbocycles. The van der Waals surface area contributed by atoms with Crippen molar-refractivity contribution in [3.8, 4) is 10.6 Å². The molecule has 1 aliphatic carbocycles. The van der Waals surface area contributed by atoms with E-state index in [1.807, 2.05) is 48.5 Å². The number of aryl methyl sites for hydroxylation is 2. The Morgan fingerprint density at radius 1 is 1.17 bits per heavy atom. The predicted octanol–water partition coefficient (Wildman–Crippen LogP) is 4.32. The van der Waals surface area contributed by atoms with Gasteiger partial charge in [-0.05, 0) is 62.8 Å². The lowest BCUT2D eigenvalue weighted by atomic mass is 9.76. The van der Waals surface area contributed by atoms with Gasteiger partial charge in [0.05, 0.1) is 6.04 Å². The van der Waals surface area contributed by atoms with Crippen LogP contribution in [0.25, 0.3) is 10.6 Å². The van der Waals surface area contributed by atoms with E-state index in [-0.39, 0.29) is 18.0 Å². The van der Waals surface area contributed by atoms with Crippen LogP contribution in [-0.2, 0) is 0 Å². The number of nitrogens with zero attached hydrogens (tertiary/aromatic N) is 4. The molecule has 0 aromatic carbocycles. The van der Waals surface area contributed by atoms with Gasteiger partial charge in [-0.15, -0.1) is 11.3 Å². The van der Waals surface area contributed by atoms with Crippen molar-refractivity contribution in [1.29, 1.82) is 0 Å². The number of carbonyl (C=O) groups is 1. The number of hydrogen-bond donors (Lipinski definition) is 1. The number of piperidine rings is 2. The molecule has 1 N–H and O–H groups in total. The summed E-state index contributed by atoms with van der Waals surface area (Å²) in [4.78, 5) is 29.3. The molecule has 6 nitrogen and oxygen atoms in total. The largest absolute Gasteiger partial charge is 0.365 e. The lowest BCUT2D eigenvalue weighted by Gasteiger charge is -2.50. The number of thiazole rings is 1. The van der Waals surface area contributed by atoms with E-state index >= 15 is 0 Å². The summed E-state index contributed by atoms with van der Waals surface area (Å²) in [6.07, 6.45) is 6.91. The van der Waals surface area contributed by atoms with Crippen molar-refractivity contribution in [3.63, 3.8) is 0 Å². The van der Waals surface area contributed by atoms with Crippen molar-refractivity contribution < 1.29 is 4.79 Å². The first-order valence-corrected chi connectivity index (χ1v) is 11.3. The monoisotopic (exact) mass is 419 g/mol. The normalized spacial score (nSPS) is 22.9. The van der Waals surface area contributed by atoms with Gasteiger partial charge in [0.15, 0.2) is 0 Å². The second-order valence-corrected chi connectivity index (χ2v) is 9.26. The van der Waals surface area contributed by atoms with Crippen molar-refractivity contribution in [1.82, 2.24) is 19.9 Å². The molecule has 2 aliphatic heterocycles. The maximum atomic E-state index is 13.7. The van der Waals surface area contributed by atoms with Crippen LogP contribution in [0, 0.1) is 19.8 Å². The third kappa shape index (κ3) is 3.58. The first kappa shape index (κ1) is 19.2. The minimum Gasteiger partial charge on any atom is -0.365 e. The minimum atomic E-state index is 0.0157. The topological polar surface area (TPSA) is 71.0 Å². The maximum Gasteiger partial charge on any atom is 0.273 e. The van der Waals surface area contributed by atoms with E-state index in [0.717, 1.165) is 47.0 Å². The van der Waals surface area contributed by atoms with Crippen molar-refractivity contribution in [2.24, 2.45) is 5.92 Å². The number of rotatable bonds is 4. The first-order valence-electron chi connectivity index (χ1n) is 10.5. The summed E-state index contributed by atoms with van der Waals surface area (Å²) < 4.78 is 0. The number of hydrogen-bond acceptors (Lipinski definition) is 6. The highest BCUT2D eigenvalue weighted by Gasteiger charge is 2.44. The van der Waals surface area contributed by atoms with Crippen molar-refractivity contribution in [2.75, 3.05) is 11.9 Å². The quantitative estimate of drug-likeness (QED) is 0.682. The number of carbonyl (C=O) groups excluding carboxylic acids is 1. The highest BCUT2D eigenvalue weighted by Crippen LogP contribution is 2.38. The molecule has 154 valence electrons. The lowest BCUT2D eigenvalue weighted by Crippen LogP contribution is -2.60. The summed E-state index contributed by atoms with van der Waals surface area (Å²) >= 11 is 1.54. The van der Waals surface area contributed by atoms with Crippen molar-refractivity contribution in [3.05, 3.63) is 59.0 Å². The lowest BCUT2D eigenvalue weighted by molar-refractivity contribution is 0.0277. The Hall–Kier alpha value is -2.80. The first-order chi connectivity index (χ1) is 14.6. The van der Waals surface area contributed by atoms with Crippen molar-refractivity contribution >= 4 is 23.1 Å². The molecule has 30 heavy (non-hydrogen) atoms. The van der Waals surface area contributed by atoms with E-state index in [4.69, 9.17) is 0 Å². The zero-order valence-corrected chi connectivity index (χ0v) is 18.0. The highest BCUT2D eigenvalue weighted by atomic mass is 32.1. The van der Waals surface area contributed by atoms with E-state index < -0.39 is 0 Å². The number of fused-ring (bicyclic) bond motifs is 3. The van der Waals surface area contributed by atoms with E-state index in [0.29, 0.717) is 11.6 Å². The fraction of sp³-hybridized carbons (Fsp3) is 0.391. The van der Waals surface area contributed by atoms with Gasteiger partial charge in [-0.1, -0.05) is 6.07 Å². The smallest absolute Gasteiger partial charge is 0.273 e. The number of aromatic nitrogens is 3. The molecule has 6 rings (SSSR count). The van der Waals surface area contributed by atoms with Gasteiger partial charge >= 0.3 is 0 Å². The van der Waals surface area contributed by atoms with Gasteiger partial charge in [0, 0.05) is 41.6 Å². The van der Waals surface area contributed by atoms with Crippen LogP contribution in [0.5, 0.6) is 0 Å². The van der Waals surface area contributed by atoms with E-state index in [1.165, 1.54) is 17.8 Å². The Morgan fingerprint density at radius 2 is 2.07 bits per heavy atom. The summed E-state index contributed by atoms with van der Waals surface area (Å²) in [6, 6.07) is 8.37. The molecule has 7 heteroatoms.